The summed E-state index contributed by atoms with van der Waals surface area (Å²) in [5.41, 5.74) is 8.35. The van der Waals surface area contributed by atoms with Crippen LogP contribution < -0.4 is 0 Å². The van der Waals surface area contributed by atoms with Gasteiger partial charge >= 0.3 is 0 Å². The van der Waals surface area contributed by atoms with Crippen LogP contribution >= 0.6 is 45.2 Å². The number of benzene rings is 2. The maximum atomic E-state index is 4.68. The molecule has 2 aromatic carbocycles. The highest BCUT2D eigenvalue weighted by atomic mass is 127. The van der Waals surface area contributed by atoms with Crippen molar-refractivity contribution in [1.82, 2.24) is 4.57 Å². The molecule has 0 fully saturated rings. The molecule has 0 amide bonds. The molecule has 4 heteroatoms. The predicted octanol–water partition coefficient (Wildman–Crippen LogP) is 6.67. The summed E-state index contributed by atoms with van der Waals surface area (Å²) < 4.78 is 4.85. The number of aryl methyl sites for hydroxylation is 3. The van der Waals surface area contributed by atoms with Crippen LogP contribution in [0.2, 0.25) is 0 Å². The number of hydrogen-bond donors (Lipinski definition) is 0. The standard InChI is InChI=1S/C21H20I2N2/c1-13-9-18(5-7-20(13)22)24-12-17-11-15(3)25(16(17)4)19-6-8-21(23)14(2)10-19/h5-12H,1-4H3. The van der Waals surface area contributed by atoms with Crippen LogP contribution in [0.1, 0.15) is 28.1 Å². The zero-order chi connectivity index (χ0) is 18.1. The molecular weight excluding hydrogens is 534 g/mol. The molecule has 3 aromatic rings. The summed E-state index contributed by atoms with van der Waals surface area (Å²) in [7, 11) is 0. The van der Waals surface area contributed by atoms with Crippen LogP contribution in [0.15, 0.2) is 47.5 Å². The highest BCUT2D eigenvalue weighted by molar-refractivity contribution is 14.1. The van der Waals surface area contributed by atoms with E-state index in [0.29, 0.717) is 0 Å². The van der Waals surface area contributed by atoms with Crippen LogP contribution in [0.4, 0.5) is 5.69 Å². The van der Waals surface area contributed by atoms with Crippen LogP contribution in [-0.4, -0.2) is 10.8 Å². The Balaban J connectivity index is 1.97. The Labute approximate surface area is 176 Å². The van der Waals surface area contributed by atoms with Gasteiger partial charge in [0.05, 0.1) is 5.69 Å². The van der Waals surface area contributed by atoms with E-state index in [2.05, 4.69) is 125 Å². The molecule has 0 radical (unpaired) electrons. The van der Waals surface area contributed by atoms with Crippen LogP contribution in [0, 0.1) is 34.8 Å². The zero-order valence-electron chi connectivity index (χ0n) is 14.8. The molecule has 0 saturated heterocycles. The van der Waals surface area contributed by atoms with Crippen molar-refractivity contribution < 1.29 is 0 Å². The average molecular weight is 554 g/mol. The molecule has 1 heterocycles. The van der Waals surface area contributed by atoms with Crippen molar-refractivity contribution in [1.29, 1.82) is 0 Å². The molecule has 2 nitrogen and oxygen atoms in total. The lowest BCUT2D eigenvalue weighted by molar-refractivity contribution is 0.962. The molecule has 0 N–H and O–H groups in total. The minimum atomic E-state index is 0.993. The molecule has 0 aliphatic rings. The SMILES string of the molecule is Cc1cc(N=Cc2cc(C)n(-c3ccc(I)c(C)c3)c2C)ccc1I. The third kappa shape index (κ3) is 4.00. The number of rotatable bonds is 3. The van der Waals surface area contributed by atoms with Crippen LogP contribution in [0.3, 0.4) is 0 Å². The van der Waals surface area contributed by atoms with Gasteiger partial charge in [-0.05, 0) is 126 Å². The van der Waals surface area contributed by atoms with Gasteiger partial charge in [0.25, 0.3) is 0 Å². The number of halogens is 2. The Kier molecular flexibility index (Phi) is 5.68. The fraction of sp³-hybridized carbons (Fsp3) is 0.190. The molecule has 0 aliphatic carbocycles. The second-order valence-corrected chi connectivity index (χ2v) is 8.61. The summed E-state index contributed by atoms with van der Waals surface area (Å²) >= 11 is 4.73. The summed E-state index contributed by atoms with van der Waals surface area (Å²) in [5.74, 6) is 0. The number of aliphatic imine (C=N–C) groups is 1. The number of nitrogens with zero attached hydrogens (tertiary/aromatic N) is 2. The topological polar surface area (TPSA) is 17.3 Å². The second-order valence-electron chi connectivity index (χ2n) is 6.29. The van der Waals surface area contributed by atoms with E-state index in [0.717, 1.165) is 11.3 Å². The Bertz CT molecular complexity index is 968. The lowest BCUT2D eigenvalue weighted by atomic mass is 10.2. The first-order valence-electron chi connectivity index (χ1n) is 8.12. The third-order valence-electron chi connectivity index (χ3n) is 4.36. The first kappa shape index (κ1) is 18.6. The van der Waals surface area contributed by atoms with Crippen LogP contribution in [0.25, 0.3) is 5.69 Å². The van der Waals surface area contributed by atoms with Gasteiger partial charge in [-0.3, -0.25) is 4.99 Å². The number of hydrogen-bond acceptors (Lipinski definition) is 1. The molecule has 1 aromatic heterocycles. The highest BCUT2D eigenvalue weighted by Gasteiger charge is 2.10. The number of aromatic nitrogens is 1. The van der Waals surface area contributed by atoms with E-state index in [1.807, 2.05) is 6.21 Å². The smallest absolute Gasteiger partial charge is 0.0633 e. The van der Waals surface area contributed by atoms with E-state index in [-0.39, 0.29) is 0 Å². The van der Waals surface area contributed by atoms with Crippen molar-refractivity contribution in [3.8, 4) is 5.69 Å². The largest absolute Gasteiger partial charge is 0.318 e. The quantitative estimate of drug-likeness (QED) is 0.254. The average Bonchev–Trinajstić information content (AvgIpc) is 2.85. The van der Waals surface area contributed by atoms with Crippen molar-refractivity contribution in [3.05, 3.63) is 77.7 Å². The Hall–Kier alpha value is -1.15. The van der Waals surface area contributed by atoms with Gasteiger partial charge in [-0.2, -0.15) is 0 Å². The molecule has 0 aliphatic heterocycles. The Morgan fingerprint density at radius 2 is 1.48 bits per heavy atom. The van der Waals surface area contributed by atoms with Gasteiger partial charge in [0, 0.05) is 36.0 Å². The molecular formula is C21H20I2N2. The van der Waals surface area contributed by atoms with Crippen molar-refractivity contribution in [2.24, 2.45) is 4.99 Å². The molecule has 0 bridgehead atoms. The Morgan fingerprint density at radius 1 is 0.840 bits per heavy atom. The molecule has 128 valence electrons. The van der Waals surface area contributed by atoms with E-state index in [1.165, 1.54) is 35.3 Å². The highest BCUT2D eigenvalue weighted by Crippen LogP contribution is 2.24. The summed E-state index contributed by atoms with van der Waals surface area (Å²) in [5, 5.41) is 0. The second kappa shape index (κ2) is 7.61. The minimum absolute atomic E-state index is 0.993. The first-order valence-corrected chi connectivity index (χ1v) is 10.3. The first-order chi connectivity index (χ1) is 11.9. The summed E-state index contributed by atoms with van der Waals surface area (Å²) in [6.07, 6.45) is 1.97. The van der Waals surface area contributed by atoms with E-state index < -0.39 is 0 Å². The molecule has 3 rings (SSSR count). The molecule has 0 spiro atoms. The zero-order valence-corrected chi connectivity index (χ0v) is 19.1. The van der Waals surface area contributed by atoms with Gasteiger partial charge in [-0.1, -0.05) is 0 Å². The fourth-order valence-electron chi connectivity index (χ4n) is 2.94. The van der Waals surface area contributed by atoms with Crippen LogP contribution in [-0.2, 0) is 0 Å². The lowest BCUT2D eigenvalue weighted by Gasteiger charge is -2.11. The van der Waals surface area contributed by atoms with Crippen LogP contribution in [0.5, 0.6) is 0 Å². The third-order valence-corrected chi connectivity index (χ3v) is 6.78. The maximum Gasteiger partial charge on any atom is 0.0633 e. The van der Waals surface area contributed by atoms with E-state index in [4.69, 9.17) is 0 Å². The van der Waals surface area contributed by atoms with Gasteiger partial charge in [-0.25, -0.2) is 0 Å². The maximum absolute atomic E-state index is 4.68. The normalized spacial score (nSPS) is 11.4. The van der Waals surface area contributed by atoms with Crippen molar-refractivity contribution in [3.63, 3.8) is 0 Å². The summed E-state index contributed by atoms with van der Waals surface area (Å²) in [4.78, 5) is 4.68. The monoisotopic (exact) mass is 554 g/mol. The molecule has 0 atom stereocenters. The van der Waals surface area contributed by atoms with Crippen molar-refractivity contribution in [2.75, 3.05) is 0 Å². The fourth-order valence-corrected chi connectivity index (χ4v) is 3.61. The van der Waals surface area contributed by atoms with Gasteiger partial charge < -0.3 is 4.57 Å². The van der Waals surface area contributed by atoms with E-state index >= 15 is 0 Å². The van der Waals surface area contributed by atoms with Gasteiger partial charge in [0.2, 0.25) is 0 Å². The van der Waals surface area contributed by atoms with Gasteiger partial charge in [0.15, 0.2) is 0 Å². The Morgan fingerprint density at radius 3 is 2.12 bits per heavy atom. The summed E-state index contributed by atoms with van der Waals surface area (Å²) in [6.45, 7) is 8.57. The van der Waals surface area contributed by atoms with Gasteiger partial charge in [-0.15, -0.1) is 0 Å². The van der Waals surface area contributed by atoms with E-state index in [9.17, 15) is 0 Å². The lowest BCUT2D eigenvalue weighted by Crippen LogP contribution is -2.00. The minimum Gasteiger partial charge on any atom is -0.318 e. The predicted molar refractivity (Wildman–Crippen MR) is 124 cm³/mol. The van der Waals surface area contributed by atoms with Crippen molar-refractivity contribution >= 4 is 57.1 Å². The summed E-state index contributed by atoms with van der Waals surface area (Å²) in [6, 6.07) is 15.1. The van der Waals surface area contributed by atoms with E-state index in [1.54, 1.807) is 0 Å². The molecule has 0 unspecified atom stereocenters. The van der Waals surface area contributed by atoms with Gasteiger partial charge in [0.1, 0.15) is 0 Å². The van der Waals surface area contributed by atoms with Crippen molar-refractivity contribution in [2.45, 2.75) is 27.7 Å². The molecule has 0 saturated carbocycles. The molecule has 25 heavy (non-hydrogen) atoms.